The molecule has 112 valence electrons. The summed E-state index contributed by atoms with van der Waals surface area (Å²) in [4.78, 5) is 11.3. The number of esters is 1. The van der Waals surface area contributed by atoms with Gasteiger partial charge in [0, 0.05) is 19.1 Å². The Labute approximate surface area is 115 Å². The van der Waals surface area contributed by atoms with E-state index in [1.54, 1.807) is 6.92 Å². The van der Waals surface area contributed by atoms with Gasteiger partial charge < -0.3 is 10.5 Å². The normalized spacial score (nSPS) is 25.2. The second kappa shape index (κ2) is 7.21. The van der Waals surface area contributed by atoms with Gasteiger partial charge >= 0.3 is 5.97 Å². The molecule has 1 fully saturated rings. The molecule has 1 aliphatic rings. The van der Waals surface area contributed by atoms with Gasteiger partial charge in [0.25, 0.3) is 0 Å². The molecule has 1 saturated heterocycles. The zero-order valence-corrected chi connectivity index (χ0v) is 12.5. The lowest BCUT2D eigenvalue weighted by Crippen LogP contribution is -2.52. The van der Waals surface area contributed by atoms with Gasteiger partial charge in [0.15, 0.2) is 0 Å². The first-order valence-corrected chi connectivity index (χ1v) is 8.38. The van der Waals surface area contributed by atoms with E-state index in [-0.39, 0.29) is 30.7 Å². The van der Waals surface area contributed by atoms with Crippen molar-refractivity contribution >= 4 is 16.0 Å². The molecule has 0 aromatic carbocycles. The van der Waals surface area contributed by atoms with Crippen molar-refractivity contribution < 1.29 is 17.9 Å². The minimum atomic E-state index is -3.44. The highest BCUT2D eigenvalue weighted by Crippen LogP contribution is 2.25. The standard InChI is InChI=1S/C12H24N2O4S/c1-3-18-12(15)6-8-19(16,17)14-7-4-5-10(2)11(14)9-13/h10-11H,3-9,13H2,1-2H3. The largest absolute Gasteiger partial charge is 0.466 e. The molecule has 1 rings (SSSR count). The molecule has 1 aliphatic heterocycles. The molecule has 0 aromatic heterocycles. The van der Waals surface area contributed by atoms with Gasteiger partial charge in [-0.2, -0.15) is 4.31 Å². The second-order valence-corrected chi connectivity index (χ2v) is 6.95. The van der Waals surface area contributed by atoms with E-state index in [9.17, 15) is 13.2 Å². The van der Waals surface area contributed by atoms with E-state index in [1.807, 2.05) is 6.92 Å². The van der Waals surface area contributed by atoms with Crippen LogP contribution in [0.4, 0.5) is 0 Å². The zero-order valence-electron chi connectivity index (χ0n) is 11.7. The number of carbonyl (C=O) groups excluding carboxylic acids is 1. The number of ether oxygens (including phenoxy) is 1. The Kier molecular flexibility index (Phi) is 6.22. The summed E-state index contributed by atoms with van der Waals surface area (Å²) in [5, 5.41) is 0. The van der Waals surface area contributed by atoms with Gasteiger partial charge in [0.05, 0.1) is 18.8 Å². The van der Waals surface area contributed by atoms with Gasteiger partial charge in [0.2, 0.25) is 10.0 Å². The molecule has 19 heavy (non-hydrogen) atoms. The van der Waals surface area contributed by atoms with Crippen molar-refractivity contribution in [1.29, 1.82) is 0 Å². The van der Waals surface area contributed by atoms with Gasteiger partial charge in [-0.25, -0.2) is 8.42 Å². The Hall–Kier alpha value is -0.660. The molecular weight excluding hydrogens is 268 g/mol. The summed E-state index contributed by atoms with van der Waals surface area (Å²) in [5.74, 6) is -0.411. The Bertz CT molecular complexity index is 397. The van der Waals surface area contributed by atoms with Crippen LogP contribution in [0.2, 0.25) is 0 Å². The first kappa shape index (κ1) is 16.4. The van der Waals surface area contributed by atoms with E-state index in [0.29, 0.717) is 13.1 Å². The van der Waals surface area contributed by atoms with Crippen molar-refractivity contribution in [2.45, 2.75) is 39.2 Å². The molecule has 0 aromatic rings. The quantitative estimate of drug-likeness (QED) is 0.712. The summed E-state index contributed by atoms with van der Waals surface area (Å²) in [6.45, 7) is 4.80. The molecule has 0 amide bonds. The van der Waals surface area contributed by atoms with Crippen molar-refractivity contribution in [3.8, 4) is 0 Å². The van der Waals surface area contributed by atoms with E-state index in [4.69, 9.17) is 10.5 Å². The molecule has 6 nitrogen and oxygen atoms in total. The Morgan fingerprint density at radius 1 is 1.47 bits per heavy atom. The van der Waals surface area contributed by atoms with Crippen LogP contribution in [0.25, 0.3) is 0 Å². The SMILES string of the molecule is CCOC(=O)CCS(=O)(=O)N1CCCC(C)C1CN. The van der Waals surface area contributed by atoms with Gasteiger partial charge in [-0.1, -0.05) is 6.92 Å². The lowest BCUT2D eigenvalue weighted by molar-refractivity contribution is -0.142. The van der Waals surface area contributed by atoms with Gasteiger partial charge in [-0.3, -0.25) is 4.79 Å². The van der Waals surface area contributed by atoms with Gasteiger partial charge in [0.1, 0.15) is 0 Å². The summed E-state index contributed by atoms with van der Waals surface area (Å²) >= 11 is 0. The molecule has 2 atom stereocenters. The number of hydrogen-bond acceptors (Lipinski definition) is 5. The summed E-state index contributed by atoms with van der Waals surface area (Å²) < 4.78 is 30.8. The first-order valence-electron chi connectivity index (χ1n) is 6.77. The smallest absolute Gasteiger partial charge is 0.306 e. The number of hydrogen-bond donors (Lipinski definition) is 1. The van der Waals surface area contributed by atoms with E-state index in [0.717, 1.165) is 12.8 Å². The lowest BCUT2D eigenvalue weighted by Gasteiger charge is -2.38. The van der Waals surface area contributed by atoms with E-state index in [2.05, 4.69) is 0 Å². The number of nitrogens with two attached hydrogens (primary N) is 1. The van der Waals surface area contributed by atoms with Crippen LogP contribution in [0, 0.1) is 5.92 Å². The van der Waals surface area contributed by atoms with Crippen LogP contribution in [0.3, 0.4) is 0 Å². The summed E-state index contributed by atoms with van der Waals surface area (Å²) in [7, 11) is -3.44. The Morgan fingerprint density at radius 2 is 2.16 bits per heavy atom. The van der Waals surface area contributed by atoms with E-state index in [1.165, 1.54) is 4.31 Å². The average molecular weight is 292 g/mol. The number of nitrogens with zero attached hydrogens (tertiary/aromatic N) is 1. The lowest BCUT2D eigenvalue weighted by atomic mass is 9.93. The monoisotopic (exact) mass is 292 g/mol. The number of rotatable bonds is 6. The third kappa shape index (κ3) is 4.43. The fraction of sp³-hybridized carbons (Fsp3) is 0.917. The highest BCUT2D eigenvalue weighted by atomic mass is 32.2. The third-order valence-corrected chi connectivity index (χ3v) is 5.42. The fourth-order valence-corrected chi connectivity index (χ4v) is 4.24. The number of piperidine rings is 1. The van der Waals surface area contributed by atoms with Crippen molar-refractivity contribution in [1.82, 2.24) is 4.31 Å². The average Bonchev–Trinajstić information content (AvgIpc) is 2.36. The zero-order chi connectivity index (χ0) is 14.5. The van der Waals surface area contributed by atoms with Gasteiger partial charge in [-0.05, 0) is 25.7 Å². The minimum absolute atomic E-state index is 0.0989. The van der Waals surface area contributed by atoms with Crippen LogP contribution >= 0.6 is 0 Å². The van der Waals surface area contributed by atoms with E-state index < -0.39 is 16.0 Å². The topological polar surface area (TPSA) is 89.7 Å². The molecular formula is C12H24N2O4S. The van der Waals surface area contributed by atoms with Crippen LogP contribution in [0.5, 0.6) is 0 Å². The van der Waals surface area contributed by atoms with E-state index >= 15 is 0 Å². The van der Waals surface area contributed by atoms with Crippen LogP contribution in [0.15, 0.2) is 0 Å². The third-order valence-electron chi connectivity index (χ3n) is 3.53. The first-order chi connectivity index (χ1) is 8.92. The highest BCUT2D eigenvalue weighted by molar-refractivity contribution is 7.89. The van der Waals surface area contributed by atoms with Crippen molar-refractivity contribution in [2.75, 3.05) is 25.4 Å². The van der Waals surface area contributed by atoms with Crippen LogP contribution in [0.1, 0.15) is 33.1 Å². The Balaban J connectivity index is 2.67. The van der Waals surface area contributed by atoms with Crippen molar-refractivity contribution in [3.63, 3.8) is 0 Å². The summed E-state index contributed by atoms with van der Waals surface area (Å²) in [5.41, 5.74) is 5.69. The molecule has 1 heterocycles. The van der Waals surface area contributed by atoms with Gasteiger partial charge in [-0.15, -0.1) is 0 Å². The molecule has 2 N–H and O–H groups in total. The fourth-order valence-electron chi connectivity index (χ4n) is 2.47. The van der Waals surface area contributed by atoms with Crippen LogP contribution < -0.4 is 5.73 Å². The Morgan fingerprint density at radius 3 is 2.74 bits per heavy atom. The minimum Gasteiger partial charge on any atom is -0.466 e. The number of sulfonamides is 1. The predicted octanol–water partition coefficient (Wildman–Crippen LogP) is 0.329. The maximum atomic E-state index is 12.3. The van der Waals surface area contributed by atoms with Crippen LogP contribution in [-0.2, 0) is 19.6 Å². The highest BCUT2D eigenvalue weighted by Gasteiger charge is 2.35. The molecule has 0 aliphatic carbocycles. The molecule has 0 bridgehead atoms. The molecule has 0 saturated carbocycles. The van der Waals surface area contributed by atoms with Crippen molar-refractivity contribution in [3.05, 3.63) is 0 Å². The summed E-state index contributed by atoms with van der Waals surface area (Å²) in [6.07, 6.45) is 1.74. The predicted molar refractivity (Wildman–Crippen MR) is 73.0 cm³/mol. The maximum Gasteiger partial charge on any atom is 0.306 e. The second-order valence-electron chi connectivity index (χ2n) is 4.90. The number of carbonyl (C=O) groups is 1. The van der Waals surface area contributed by atoms with Crippen molar-refractivity contribution in [2.24, 2.45) is 11.7 Å². The summed E-state index contributed by atoms with van der Waals surface area (Å²) in [6, 6.07) is -0.152. The van der Waals surface area contributed by atoms with Crippen LogP contribution in [-0.4, -0.2) is 50.2 Å². The molecule has 7 heteroatoms. The molecule has 2 unspecified atom stereocenters. The molecule has 0 spiro atoms. The molecule has 0 radical (unpaired) electrons. The maximum absolute atomic E-state index is 12.3.